The Bertz CT molecular complexity index is 372. The monoisotopic (exact) mass is 295 g/mol. The zero-order valence-electron chi connectivity index (χ0n) is 12.2. The highest BCUT2D eigenvalue weighted by atomic mass is 35.5. The number of nitrogens with zero attached hydrogens (tertiary/aromatic N) is 2. The summed E-state index contributed by atoms with van der Waals surface area (Å²) in [5.41, 5.74) is 6.94. The molecule has 1 aromatic carbocycles. The standard InChI is InChI=1S/C16H26ClN3/c17-16-6-4-15(5-7-16)3-1-9-19-11-13-20(14-12-19)10-2-8-18/h4-7H,1-3,8-14,18H2. The summed E-state index contributed by atoms with van der Waals surface area (Å²) in [5, 5.41) is 0.822. The van der Waals surface area contributed by atoms with Gasteiger partial charge < -0.3 is 15.5 Å². The molecular weight excluding hydrogens is 270 g/mol. The lowest BCUT2D eigenvalue weighted by atomic mass is 10.1. The van der Waals surface area contributed by atoms with E-state index in [2.05, 4.69) is 21.9 Å². The predicted octanol–water partition coefficient (Wildman–Crippen LogP) is 2.24. The Hall–Kier alpha value is -0.610. The second-order valence-corrected chi connectivity index (χ2v) is 5.99. The quantitative estimate of drug-likeness (QED) is 0.837. The Morgan fingerprint density at radius 3 is 2.00 bits per heavy atom. The summed E-state index contributed by atoms with van der Waals surface area (Å²) in [7, 11) is 0. The lowest BCUT2D eigenvalue weighted by Crippen LogP contribution is -2.47. The smallest absolute Gasteiger partial charge is 0.0406 e. The Labute approximate surface area is 127 Å². The highest BCUT2D eigenvalue weighted by molar-refractivity contribution is 6.30. The lowest BCUT2D eigenvalue weighted by molar-refractivity contribution is 0.131. The first-order chi connectivity index (χ1) is 9.78. The van der Waals surface area contributed by atoms with E-state index in [1.807, 2.05) is 12.1 Å². The molecule has 4 heteroatoms. The Morgan fingerprint density at radius 2 is 1.45 bits per heavy atom. The van der Waals surface area contributed by atoms with Crippen LogP contribution < -0.4 is 5.73 Å². The van der Waals surface area contributed by atoms with E-state index in [0.29, 0.717) is 0 Å². The van der Waals surface area contributed by atoms with Crippen LogP contribution in [0.25, 0.3) is 0 Å². The van der Waals surface area contributed by atoms with Crippen LogP contribution in [0.15, 0.2) is 24.3 Å². The van der Waals surface area contributed by atoms with Crippen molar-refractivity contribution in [1.29, 1.82) is 0 Å². The maximum atomic E-state index is 5.90. The van der Waals surface area contributed by atoms with Gasteiger partial charge in [0, 0.05) is 31.2 Å². The number of halogens is 1. The minimum Gasteiger partial charge on any atom is -0.330 e. The van der Waals surface area contributed by atoms with Crippen molar-refractivity contribution in [2.45, 2.75) is 19.3 Å². The molecule has 1 aliphatic heterocycles. The summed E-state index contributed by atoms with van der Waals surface area (Å²) in [5.74, 6) is 0. The van der Waals surface area contributed by atoms with Crippen LogP contribution in [0.4, 0.5) is 0 Å². The highest BCUT2D eigenvalue weighted by Crippen LogP contribution is 2.11. The third-order valence-corrected chi connectivity index (χ3v) is 4.25. The van der Waals surface area contributed by atoms with Crippen LogP contribution in [0.2, 0.25) is 5.02 Å². The van der Waals surface area contributed by atoms with Gasteiger partial charge in [-0.3, -0.25) is 0 Å². The summed E-state index contributed by atoms with van der Waals surface area (Å²) in [6, 6.07) is 8.22. The van der Waals surface area contributed by atoms with Gasteiger partial charge in [-0.25, -0.2) is 0 Å². The van der Waals surface area contributed by atoms with Crippen LogP contribution in [0.1, 0.15) is 18.4 Å². The third-order valence-electron chi connectivity index (χ3n) is 4.00. The zero-order chi connectivity index (χ0) is 14.2. The number of piperazine rings is 1. The summed E-state index contributed by atoms with van der Waals surface area (Å²) >= 11 is 5.90. The fraction of sp³-hybridized carbons (Fsp3) is 0.625. The third kappa shape index (κ3) is 5.41. The summed E-state index contributed by atoms with van der Waals surface area (Å²) < 4.78 is 0. The van der Waals surface area contributed by atoms with Gasteiger partial charge in [-0.15, -0.1) is 0 Å². The number of hydrogen-bond acceptors (Lipinski definition) is 3. The predicted molar refractivity (Wildman–Crippen MR) is 86.3 cm³/mol. The molecule has 0 radical (unpaired) electrons. The maximum Gasteiger partial charge on any atom is 0.0406 e. The molecule has 0 bridgehead atoms. The van der Waals surface area contributed by atoms with Gasteiger partial charge in [-0.05, 0) is 56.6 Å². The molecule has 0 unspecified atom stereocenters. The van der Waals surface area contributed by atoms with Crippen LogP contribution in [0, 0.1) is 0 Å². The molecule has 3 nitrogen and oxygen atoms in total. The Morgan fingerprint density at radius 1 is 0.900 bits per heavy atom. The molecule has 0 atom stereocenters. The van der Waals surface area contributed by atoms with E-state index in [9.17, 15) is 0 Å². The first-order valence-electron chi connectivity index (χ1n) is 7.67. The Balaban J connectivity index is 1.60. The van der Waals surface area contributed by atoms with Gasteiger partial charge in [0.1, 0.15) is 0 Å². The molecule has 0 amide bonds. The molecule has 1 aliphatic rings. The first-order valence-corrected chi connectivity index (χ1v) is 8.05. The minimum atomic E-state index is 0.807. The largest absolute Gasteiger partial charge is 0.330 e. The van der Waals surface area contributed by atoms with Crippen molar-refractivity contribution in [3.63, 3.8) is 0 Å². The van der Waals surface area contributed by atoms with Crippen molar-refractivity contribution in [2.75, 3.05) is 45.8 Å². The van der Waals surface area contributed by atoms with Gasteiger partial charge in [-0.2, -0.15) is 0 Å². The number of benzene rings is 1. The molecule has 0 saturated carbocycles. The summed E-state index contributed by atoms with van der Waals surface area (Å²) in [4.78, 5) is 5.11. The molecule has 0 aliphatic carbocycles. The Kier molecular flexibility index (Phi) is 6.80. The number of rotatable bonds is 7. The molecule has 0 aromatic heterocycles. The van der Waals surface area contributed by atoms with Crippen LogP contribution >= 0.6 is 11.6 Å². The molecule has 1 heterocycles. The van der Waals surface area contributed by atoms with Crippen molar-refractivity contribution in [1.82, 2.24) is 9.80 Å². The fourth-order valence-corrected chi connectivity index (χ4v) is 2.84. The molecule has 1 fully saturated rings. The minimum absolute atomic E-state index is 0.807. The van der Waals surface area contributed by atoms with Crippen LogP contribution in [-0.2, 0) is 6.42 Å². The van der Waals surface area contributed by atoms with E-state index in [-0.39, 0.29) is 0 Å². The van der Waals surface area contributed by atoms with Gasteiger partial charge in [0.05, 0.1) is 0 Å². The van der Waals surface area contributed by atoms with Gasteiger partial charge in [0.15, 0.2) is 0 Å². The second kappa shape index (κ2) is 8.63. The molecule has 20 heavy (non-hydrogen) atoms. The normalized spacial score (nSPS) is 17.5. The molecule has 112 valence electrons. The average Bonchev–Trinajstić information content (AvgIpc) is 2.48. The average molecular weight is 296 g/mol. The molecule has 0 spiro atoms. The van der Waals surface area contributed by atoms with E-state index in [1.165, 1.54) is 44.7 Å². The van der Waals surface area contributed by atoms with Crippen molar-refractivity contribution in [2.24, 2.45) is 5.73 Å². The van der Waals surface area contributed by atoms with E-state index >= 15 is 0 Å². The van der Waals surface area contributed by atoms with Gasteiger partial charge in [0.25, 0.3) is 0 Å². The zero-order valence-corrected chi connectivity index (χ0v) is 13.0. The fourth-order valence-electron chi connectivity index (χ4n) is 2.71. The van der Waals surface area contributed by atoms with Gasteiger partial charge >= 0.3 is 0 Å². The van der Waals surface area contributed by atoms with Crippen molar-refractivity contribution < 1.29 is 0 Å². The topological polar surface area (TPSA) is 32.5 Å². The van der Waals surface area contributed by atoms with Crippen LogP contribution in [0.5, 0.6) is 0 Å². The molecule has 2 rings (SSSR count). The van der Waals surface area contributed by atoms with Crippen LogP contribution in [-0.4, -0.2) is 55.6 Å². The molecule has 2 N–H and O–H groups in total. The lowest BCUT2D eigenvalue weighted by Gasteiger charge is -2.34. The molecular formula is C16H26ClN3. The molecule has 1 aromatic rings. The maximum absolute atomic E-state index is 5.90. The van der Waals surface area contributed by atoms with Crippen molar-refractivity contribution >= 4 is 11.6 Å². The summed E-state index contributed by atoms with van der Waals surface area (Å²) in [6.07, 6.45) is 3.49. The van der Waals surface area contributed by atoms with Crippen molar-refractivity contribution in [3.05, 3.63) is 34.9 Å². The van der Waals surface area contributed by atoms with Gasteiger partial charge in [-0.1, -0.05) is 23.7 Å². The van der Waals surface area contributed by atoms with E-state index in [1.54, 1.807) is 0 Å². The van der Waals surface area contributed by atoms with Gasteiger partial charge in [0.2, 0.25) is 0 Å². The number of hydrogen-bond donors (Lipinski definition) is 1. The van der Waals surface area contributed by atoms with E-state index in [0.717, 1.165) is 31.0 Å². The SMILES string of the molecule is NCCCN1CCN(CCCc2ccc(Cl)cc2)CC1. The number of aryl methyl sites for hydroxylation is 1. The second-order valence-electron chi connectivity index (χ2n) is 5.56. The van der Waals surface area contributed by atoms with Crippen LogP contribution in [0.3, 0.4) is 0 Å². The number of nitrogens with two attached hydrogens (primary N) is 1. The summed E-state index contributed by atoms with van der Waals surface area (Å²) in [6.45, 7) is 7.96. The van der Waals surface area contributed by atoms with Crippen molar-refractivity contribution in [3.8, 4) is 0 Å². The highest BCUT2D eigenvalue weighted by Gasteiger charge is 2.15. The van der Waals surface area contributed by atoms with E-state index in [4.69, 9.17) is 17.3 Å². The first kappa shape index (κ1) is 15.8. The van der Waals surface area contributed by atoms with E-state index < -0.39 is 0 Å². The molecule has 1 saturated heterocycles.